The molecule has 0 aliphatic rings. The highest BCUT2D eigenvalue weighted by atomic mass is 32.2. The molecule has 1 unspecified atom stereocenters. The number of hydrogen-bond donors (Lipinski definition) is 2. The zero-order valence-corrected chi connectivity index (χ0v) is 12.3. The molecule has 0 radical (unpaired) electrons. The molecule has 1 amide bonds. The molecular weight excluding hydrogens is 283 g/mol. The van der Waals surface area contributed by atoms with Crippen molar-refractivity contribution in [3.8, 4) is 0 Å². The Morgan fingerprint density at radius 2 is 1.90 bits per heavy atom. The lowest BCUT2D eigenvalue weighted by Gasteiger charge is -2.17. The lowest BCUT2D eigenvalue weighted by molar-refractivity contribution is -0.123. The van der Waals surface area contributed by atoms with Crippen molar-refractivity contribution in [1.29, 1.82) is 0 Å². The van der Waals surface area contributed by atoms with Crippen LogP contribution in [0.1, 0.15) is 24.9 Å². The van der Waals surface area contributed by atoms with Crippen molar-refractivity contribution < 1.29 is 17.6 Å². The Balaban J connectivity index is 2.54. The largest absolute Gasteiger partial charge is 0.348 e. The smallest absolute Gasteiger partial charge is 0.237 e. The van der Waals surface area contributed by atoms with Crippen molar-refractivity contribution in [3.05, 3.63) is 35.6 Å². The second kappa shape index (κ2) is 6.81. The average molecular weight is 302 g/mol. The van der Waals surface area contributed by atoms with Gasteiger partial charge in [-0.25, -0.2) is 12.8 Å². The van der Waals surface area contributed by atoms with Crippen LogP contribution in [-0.2, 0) is 14.6 Å². The number of sulfone groups is 1. The van der Waals surface area contributed by atoms with E-state index in [0.29, 0.717) is 0 Å². The van der Waals surface area contributed by atoms with Gasteiger partial charge in [0.05, 0.1) is 17.8 Å². The van der Waals surface area contributed by atoms with Gasteiger partial charge in [0.25, 0.3) is 0 Å². The molecule has 112 valence electrons. The number of carbonyl (C=O) groups excluding carboxylic acids is 1. The molecule has 0 heterocycles. The SMILES string of the molecule is C[C@H](NC(=O)C(N)CCS(C)(=O)=O)c1ccc(F)cc1. The summed E-state index contributed by atoms with van der Waals surface area (Å²) in [5.74, 6) is -0.908. The molecule has 3 N–H and O–H groups in total. The summed E-state index contributed by atoms with van der Waals surface area (Å²) in [7, 11) is -3.14. The van der Waals surface area contributed by atoms with Crippen LogP contribution in [0.25, 0.3) is 0 Å². The summed E-state index contributed by atoms with van der Waals surface area (Å²) >= 11 is 0. The van der Waals surface area contributed by atoms with E-state index < -0.39 is 21.8 Å². The van der Waals surface area contributed by atoms with E-state index in [-0.39, 0.29) is 24.0 Å². The topological polar surface area (TPSA) is 89.3 Å². The number of benzene rings is 1. The summed E-state index contributed by atoms with van der Waals surface area (Å²) < 4.78 is 34.8. The van der Waals surface area contributed by atoms with Crippen LogP contribution >= 0.6 is 0 Å². The van der Waals surface area contributed by atoms with Crippen LogP contribution in [0, 0.1) is 5.82 Å². The first kappa shape index (κ1) is 16.6. The third kappa shape index (κ3) is 5.66. The first-order valence-corrected chi connectivity index (χ1v) is 8.24. The van der Waals surface area contributed by atoms with Crippen LogP contribution in [-0.4, -0.2) is 32.4 Å². The number of halogens is 1. The maximum absolute atomic E-state index is 12.8. The highest BCUT2D eigenvalue weighted by Gasteiger charge is 2.18. The normalized spacial score (nSPS) is 14.6. The minimum atomic E-state index is -3.14. The van der Waals surface area contributed by atoms with Gasteiger partial charge in [-0.3, -0.25) is 4.79 Å². The van der Waals surface area contributed by atoms with Crippen LogP contribution in [0.4, 0.5) is 4.39 Å². The van der Waals surface area contributed by atoms with Crippen molar-refractivity contribution >= 4 is 15.7 Å². The molecule has 0 aromatic heterocycles. The molecule has 1 aromatic carbocycles. The van der Waals surface area contributed by atoms with Crippen molar-refractivity contribution in [2.45, 2.75) is 25.4 Å². The van der Waals surface area contributed by atoms with Gasteiger partial charge in [-0.05, 0) is 31.0 Å². The van der Waals surface area contributed by atoms with E-state index in [1.165, 1.54) is 12.1 Å². The maximum atomic E-state index is 12.8. The molecule has 0 saturated carbocycles. The van der Waals surface area contributed by atoms with Gasteiger partial charge in [0, 0.05) is 6.26 Å². The van der Waals surface area contributed by atoms with E-state index in [1.807, 2.05) is 0 Å². The molecule has 1 aromatic rings. The van der Waals surface area contributed by atoms with Gasteiger partial charge in [-0.1, -0.05) is 12.1 Å². The van der Waals surface area contributed by atoms with Crippen LogP contribution in [0.3, 0.4) is 0 Å². The van der Waals surface area contributed by atoms with Gasteiger partial charge >= 0.3 is 0 Å². The lowest BCUT2D eigenvalue weighted by atomic mass is 10.1. The average Bonchev–Trinajstić information content (AvgIpc) is 2.35. The molecule has 20 heavy (non-hydrogen) atoms. The van der Waals surface area contributed by atoms with Crippen LogP contribution in [0.15, 0.2) is 24.3 Å². The number of rotatable bonds is 6. The van der Waals surface area contributed by atoms with E-state index in [2.05, 4.69) is 5.32 Å². The Bertz CT molecular complexity index is 557. The highest BCUT2D eigenvalue weighted by Crippen LogP contribution is 2.13. The molecule has 0 bridgehead atoms. The second-order valence-corrected chi connectivity index (χ2v) is 7.07. The number of carbonyl (C=O) groups is 1. The Morgan fingerprint density at radius 3 is 2.40 bits per heavy atom. The van der Waals surface area contributed by atoms with E-state index in [9.17, 15) is 17.6 Å². The van der Waals surface area contributed by atoms with Crippen LogP contribution in [0.2, 0.25) is 0 Å². The summed E-state index contributed by atoms with van der Waals surface area (Å²) in [6.45, 7) is 1.74. The van der Waals surface area contributed by atoms with Crippen molar-refractivity contribution in [1.82, 2.24) is 5.32 Å². The summed E-state index contributed by atoms with van der Waals surface area (Å²) in [5, 5.41) is 2.67. The molecular formula is C13H19FN2O3S. The van der Waals surface area contributed by atoms with Crippen LogP contribution in [0.5, 0.6) is 0 Å². The number of nitrogens with one attached hydrogen (secondary N) is 1. The zero-order valence-electron chi connectivity index (χ0n) is 11.5. The Hall–Kier alpha value is -1.47. The van der Waals surface area contributed by atoms with E-state index in [0.717, 1.165) is 11.8 Å². The second-order valence-electron chi connectivity index (χ2n) is 4.81. The molecule has 0 saturated heterocycles. The minimum Gasteiger partial charge on any atom is -0.348 e. The molecule has 0 aliphatic heterocycles. The number of nitrogens with two attached hydrogens (primary N) is 1. The number of hydrogen-bond acceptors (Lipinski definition) is 4. The summed E-state index contributed by atoms with van der Waals surface area (Å²) in [6.07, 6.45) is 1.17. The first-order valence-electron chi connectivity index (χ1n) is 6.18. The third-order valence-electron chi connectivity index (χ3n) is 2.87. The molecule has 2 atom stereocenters. The molecule has 1 rings (SSSR count). The first-order chi connectivity index (χ1) is 9.19. The van der Waals surface area contributed by atoms with Gasteiger partial charge in [-0.15, -0.1) is 0 Å². The Morgan fingerprint density at radius 1 is 1.35 bits per heavy atom. The Kier molecular flexibility index (Phi) is 5.64. The monoisotopic (exact) mass is 302 g/mol. The maximum Gasteiger partial charge on any atom is 0.237 e. The van der Waals surface area contributed by atoms with Gasteiger partial charge in [0.15, 0.2) is 0 Å². The predicted molar refractivity (Wildman–Crippen MR) is 75.3 cm³/mol. The van der Waals surface area contributed by atoms with Gasteiger partial charge in [0.2, 0.25) is 5.91 Å². The molecule has 5 nitrogen and oxygen atoms in total. The summed E-state index contributed by atoms with van der Waals surface area (Å²) in [5.41, 5.74) is 6.38. The summed E-state index contributed by atoms with van der Waals surface area (Å²) in [4.78, 5) is 11.8. The quantitative estimate of drug-likeness (QED) is 0.812. The summed E-state index contributed by atoms with van der Waals surface area (Å²) in [6, 6.07) is 4.55. The third-order valence-corrected chi connectivity index (χ3v) is 3.84. The molecule has 0 spiro atoms. The number of amides is 1. The fraction of sp³-hybridized carbons (Fsp3) is 0.462. The molecule has 7 heteroatoms. The van der Waals surface area contributed by atoms with E-state index in [1.54, 1.807) is 19.1 Å². The van der Waals surface area contributed by atoms with Crippen molar-refractivity contribution in [3.63, 3.8) is 0 Å². The Labute approximate surface area is 118 Å². The zero-order chi connectivity index (χ0) is 15.3. The minimum absolute atomic E-state index is 0.0702. The van der Waals surface area contributed by atoms with Crippen LogP contribution < -0.4 is 11.1 Å². The standard InChI is InChI=1S/C13H19FN2O3S/c1-9(10-3-5-11(14)6-4-10)16-13(17)12(15)7-8-20(2,18)19/h3-6,9,12H,7-8,15H2,1-2H3,(H,16,17)/t9-,12?/m0/s1. The van der Waals surface area contributed by atoms with Crippen molar-refractivity contribution in [2.75, 3.05) is 12.0 Å². The van der Waals surface area contributed by atoms with Crippen molar-refractivity contribution in [2.24, 2.45) is 5.73 Å². The lowest BCUT2D eigenvalue weighted by Crippen LogP contribution is -2.42. The molecule has 0 fully saturated rings. The predicted octanol–water partition coefficient (Wildman–Crippen LogP) is 0.765. The van der Waals surface area contributed by atoms with E-state index >= 15 is 0 Å². The fourth-order valence-corrected chi connectivity index (χ4v) is 2.31. The highest BCUT2D eigenvalue weighted by molar-refractivity contribution is 7.90. The van der Waals surface area contributed by atoms with Gasteiger partial charge in [-0.2, -0.15) is 0 Å². The van der Waals surface area contributed by atoms with E-state index in [4.69, 9.17) is 5.73 Å². The van der Waals surface area contributed by atoms with Gasteiger partial charge < -0.3 is 11.1 Å². The van der Waals surface area contributed by atoms with Gasteiger partial charge in [0.1, 0.15) is 15.7 Å². The molecule has 0 aliphatic carbocycles. The fourth-order valence-electron chi connectivity index (χ4n) is 1.63.